The second-order valence-corrected chi connectivity index (χ2v) is 6.22. The summed E-state index contributed by atoms with van der Waals surface area (Å²) < 4.78 is 0. The van der Waals surface area contributed by atoms with E-state index in [0.29, 0.717) is 19.0 Å². The Bertz CT molecular complexity index is 610. The molecule has 0 radical (unpaired) electrons. The predicted molar refractivity (Wildman–Crippen MR) is 81.4 cm³/mol. The van der Waals surface area contributed by atoms with Crippen LogP contribution in [0.3, 0.4) is 0 Å². The average Bonchev–Trinajstić information content (AvgIpc) is 3.08. The van der Waals surface area contributed by atoms with E-state index in [-0.39, 0.29) is 24.9 Å². The van der Waals surface area contributed by atoms with E-state index in [4.69, 9.17) is 0 Å². The van der Waals surface area contributed by atoms with Gasteiger partial charge < -0.3 is 10.2 Å². The van der Waals surface area contributed by atoms with Crippen LogP contribution in [-0.2, 0) is 16.0 Å². The highest BCUT2D eigenvalue weighted by molar-refractivity contribution is 6.04. The first-order valence-corrected chi connectivity index (χ1v) is 7.89. The standard InChI is InChI=1S/C15H21N5O3/c1-10-6-17-18-12(10)5-11-3-2-4-19(8-11)14(22)9-20-13(21)7-16-15(20)23/h6,11H,2-5,7-9H2,1H3,(H,16,23)(H,17,18)/t11-/m1/s1. The second-order valence-electron chi connectivity index (χ2n) is 6.22. The lowest BCUT2D eigenvalue weighted by Crippen LogP contribution is -2.47. The lowest BCUT2D eigenvalue weighted by molar-refractivity contribution is -0.137. The van der Waals surface area contributed by atoms with Gasteiger partial charge in [-0.3, -0.25) is 19.6 Å². The number of aryl methyl sites for hydroxylation is 1. The molecule has 2 aliphatic heterocycles. The van der Waals surface area contributed by atoms with Gasteiger partial charge in [0.15, 0.2) is 0 Å². The molecule has 1 atom stereocenters. The van der Waals surface area contributed by atoms with Crippen molar-refractivity contribution < 1.29 is 14.4 Å². The Morgan fingerprint density at radius 3 is 2.91 bits per heavy atom. The number of likely N-dealkylation sites (tertiary alicyclic amines) is 1. The summed E-state index contributed by atoms with van der Waals surface area (Å²) >= 11 is 0. The number of nitrogens with zero attached hydrogens (tertiary/aromatic N) is 3. The van der Waals surface area contributed by atoms with Gasteiger partial charge in [0.25, 0.3) is 5.91 Å². The van der Waals surface area contributed by atoms with Crippen molar-refractivity contribution in [1.29, 1.82) is 0 Å². The van der Waals surface area contributed by atoms with E-state index >= 15 is 0 Å². The van der Waals surface area contributed by atoms with Gasteiger partial charge in [-0.05, 0) is 37.7 Å². The number of hydrogen-bond acceptors (Lipinski definition) is 4. The number of rotatable bonds is 4. The van der Waals surface area contributed by atoms with Crippen molar-refractivity contribution in [1.82, 2.24) is 25.3 Å². The fourth-order valence-corrected chi connectivity index (χ4v) is 3.18. The number of urea groups is 1. The molecular weight excluding hydrogens is 298 g/mol. The summed E-state index contributed by atoms with van der Waals surface area (Å²) in [5.41, 5.74) is 2.24. The van der Waals surface area contributed by atoms with Gasteiger partial charge in [-0.1, -0.05) is 0 Å². The minimum atomic E-state index is -0.481. The van der Waals surface area contributed by atoms with Crippen LogP contribution in [0.4, 0.5) is 4.79 Å². The number of aromatic nitrogens is 2. The minimum absolute atomic E-state index is 0.0200. The van der Waals surface area contributed by atoms with Crippen molar-refractivity contribution in [2.24, 2.45) is 5.92 Å². The molecular formula is C15H21N5O3. The maximum absolute atomic E-state index is 12.4. The molecule has 2 aliphatic rings. The number of nitrogens with one attached hydrogen (secondary N) is 2. The third-order valence-corrected chi connectivity index (χ3v) is 4.53. The second kappa shape index (κ2) is 6.39. The third-order valence-electron chi connectivity index (χ3n) is 4.53. The third kappa shape index (κ3) is 3.35. The number of piperidine rings is 1. The van der Waals surface area contributed by atoms with Crippen molar-refractivity contribution in [3.8, 4) is 0 Å². The van der Waals surface area contributed by atoms with Gasteiger partial charge in [0.05, 0.1) is 12.7 Å². The minimum Gasteiger partial charge on any atom is -0.341 e. The highest BCUT2D eigenvalue weighted by Gasteiger charge is 2.33. The largest absolute Gasteiger partial charge is 0.341 e. The van der Waals surface area contributed by atoms with Crippen LogP contribution in [0.15, 0.2) is 6.20 Å². The van der Waals surface area contributed by atoms with Gasteiger partial charge >= 0.3 is 6.03 Å². The van der Waals surface area contributed by atoms with Crippen LogP contribution in [-0.4, -0.2) is 64.0 Å². The SMILES string of the molecule is Cc1cn[nH]c1C[C@H]1CCCN(C(=O)CN2C(=O)CNC2=O)C1. The van der Waals surface area contributed by atoms with Crippen LogP contribution >= 0.6 is 0 Å². The quantitative estimate of drug-likeness (QED) is 0.766. The smallest absolute Gasteiger partial charge is 0.325 e. The molecule has 1 aromatic heterocycles. The molecule has 8 nitrogen and oxygen atoms in total. The number of hydrogen-bond donors (Lipinski definition) is 2. The molecule has 3 rings (SSSR count). The van der Waals surface area contributed by atoms with Crippen LogP contribution < -0.4 is 5.32 Å². The Morgan fingerprint density at radius 2 is 2.26 bits per heavy atom. The van der Waals surface area contributed by atoms with E-state index in [9.17, 15) is 14.4 Å². The number of carbonyl (C=O) groups is 3. The molecule has 2 fully saturated rings. The first kappa shape index (κ1) is 15.5. The summed E-state index contributed by atoms with van der Waals surface area (Å²) in [5, 5.41) is 9.47. The normalized spacial score (nSPS) is 21.7. The molecule has 0 spiro atoms. The molecule has 23 heavy (non-hydrogen) atoms. The zero-order chi connectivity index (χ0) is 16.4. The van der Waals surface area contributed by atoms with Crippen molar-refractivity contribution in [3.05, 3.63) is 17.5 Å². The molecule has 1 aromatic rings. The summed E-state index contributed by atoms with van der Waals surface area (Å²) in [6.45, 7) is 3.17. The van der Waals surface area contributed by atoms with E-state index in [2.05, 4.69) is 15.5 Å². The molecule has 0 unspecified atom stereocenters. The molecule has 4 amide bonds. The molecule has 0 bridgehead atoms. The summed E-state index contributed by atoms with van der Waals surface area (Å²) in [4.78, 5) is 38.3. The predicted octanol–water partition coefficient (Wildman–Crippen LogP) is 0.0510. The number of H-pyrrole nitrogens is 1. The summed E-state index contributed by atoms with van der Waals surface area (Å²) in [5.74, 6) is -0.138. The zero-order valence-corrected chi connectivity index (χ0v) is 13.2. The maximum Gasteiger partial charge on any atom is 0.325 e. The van der Waals surface area contributed by atoms with Gasteiger partial charge in [0.1, 0.15) is 6.54 Å². The lowest BCUT2D eigenvalue weighted by atomic mass is 9.92. The van der Waals surface area contributed by atoms with Gasteiger partial charge in [-0.25, -0.2) is 4.79 Å². The topological polar surface area (TPSA) is 98.4 Å². The summed E-state index contributed by atoms with van der Waals surface area (Å²) in [6, 6.07) is -0.481. The number of imide groups is 1. The molecule has 0 aliphatic carbocycles. The van der Waals surface area contributed by atoms with Crippen LogP contribution in [0.1, 0.15) is 24.1 Å². The Balaban J connectivity index is 1.57. The molecule has 3 heterocycles. The Morgan fingerprint density at radius 1 is 1.43 bits per heavy atom. The van der Waals surface area contributed by atoms with Crippen molar-refractivity contribution in [3.63, 3.8) is 0 Å². The highest BCUT2D eigenvalue weighted by Crippen LogP contribution is 2.21. The fourth-order valence-electron chi connectivity index (χ4n) is 3.18. The molecule has 0 saturated carbocycles. The van der Waals surface area contributed by atoms with E-state index in [1.807, 2.05) is 6.92 Å². The average molecular weight is 319 g/mol. The zero-order valence-electron chi connectivity index (χ0n) is 13.2. The van der Waals surface area contributed by atoms with Crippen LogP contribution in [0.2, 0.25) is 0 Å². The fraction of sp³-hybridized carbons (Fsp3) is 0.600. The van der Waals surface area contributed by atoms with Gasteiger partial charge in [-0.15, -0.1) is 0 Å². The van der Waals surface area contributed by atoms with Crippen molar-refractivity contribution in [2.45, 2.75) is 26.2 Å². The highest BCUT2D eigenvalue weighted by atomic mass is 16.2. The number of amides is 4. The van der Waals surface area contributed by atoms with Crippen molar-refractivity contribution in [2.75, 3.05) is 26.2 Å². The van der Waals surface area contributed by atoms with Crippen LogP contribution in [0, 0.1) is 12.8 Å². The monoisotopic (exact) mass is 319 g/mol. The number of carbonyl (C=O) groups excluding carboxylic acids is 3. The maximum atomic E-state index is 12.4. The molecule has 124 valence electrons. The first-order valence-electron chi connectivity index (χ1n) is 7.89. The molecule has 0 aromatic carbocycles. The van der Waals surface area contributed by atoms with Crippen LogP contribution in [0.25, 0.3) is 0 Å². The summed E-state index contributed by atoms with van der Waals surface area (Å²) in [6.07, 6.45) is 4.66. The van der Waals surface area contributed by atoms with Gasteiger partial charge in [0.2, 0.25) is 5.91 Å². The Kier molecular flexibility index (Phi) is 4.31. The van der Waals surface area contributed by atoms with E-state index in [1.165, 1.54) is 0 Å². The molecule has 2 saturated heterocycles. The molecule has 2 N–H and O–H groups in total. The lowest BCUT2D eigenvalue weighted by Gasteiger charge is -2.33. The van der Waals surface area contributed by atoms with Gasteiger partial charge in [-0.2, -0.15) is 5.10 Å². The number of aromatic amines is 1. The first-order chi connectivity index (χ1) is 11.0. The van der Waals surface area contributed by atoms with Crippen LogP contribution in [0.5, 0.6) is 0 Å². The van der Waals surface area contributed by atoms with Crippen molar-refractivity contribution >= 4 is 17.8 Å². The Hall–Kier alpha value is -2.38. The molecule has 8 heteroatoms. The summed E-state index contributed by atoms with van der Waals surface area (Å²) in [7, 11) is 0. The van der Waals surface area contributed by atoms with Gasteiger partial charge in [0, 0.05) is 18.8 Å². The Labute approximate surface area is 134 Å². The van der Waals surface area contributed by atoms with E-state index in [1.54, 1.807) is 11.1 Å². The van der Waals surface area contributed by atoms with E-state index in [0.717, 1.165) is 35.4 Å². The van der Waals surface area contributed by atoms with E-state index < -0.39 is 6.03 Å².